The zero-order chi connectivity index (χ0) is 15.6. The van der Waals surface area contributed by atoms with Gasteiger partial charge in [0.25, 0.3) is 0 Å². The van der Waals surface area contributed by atoms with Crippen molar-refractivity contribution in [1.29, 1.82) is 0 Å². The van der Waals surface area contributed by atoms with Crippen molar-refractivity contribution in [2.75, 3.05) is 6.54 Å². The van der Waals surface area contributed by atoms with E-state index < -0.39 is 23.5 Å². The lowest BCUT2D eigenvalue weighted by Gasteiger charge is -2.18. The Balaban J connectivity index is 2.47. The van der Waals surface area contributed by atoms with E-state index in [2.05, 4.69) is 37.2 Å². The monoisotopic (exact) mass is 441 g/mol. The summed E-state index contributed by atoms with van der Waals surface area (Å²) in [7, 11) is 0. The molecule has 0 bridgehead atoms. The van der Waals surface area contributed by atoms with Crippen LogP contribution in [0.2, 0.25) is 0 Å². The fraction of sp³-hybridized carbons (Fsp3) is 0.286. The van der Waals surface area contributed by atoms with Crippen LogP contribution >= 0.6 is 43.2 Å². The Bertz CT molecular complexity index is 626. The van der Waals surface area contributed by atoms with Gasteiger partial charge in [0.15, 0.2) is 17.5 Å². The van der Waals surface area contributed by atoms with Gasteiger partial charge in [0.2, 0.25) is 0 Å². The van der Waals surface area contributed by atoms with Crippen molar-refractivity contribution < 1.29 is 13.2 Å². The number of halogens is 5. The van der Waals surface area contributed by atoms with Gasteiger partial charge < -0.3 is 5.32 Å². The molecule has 0 spiro atoms. The first-order valence-electron chi connectivity index (χ1n) is 6.27. The van der Waals surface area contributed by atoms with Crippen molar-refractivity contribution in [2.45, 2.75) is 19.4 Å². The Morgan fingerprint density at radius 3 is 2.48 bits per heavy atom. The van der Waals surface area contributed by atoms with Crippen LogP contribution in [0.3, 0.4) is 0 Å². The largest absolute Gasteiger partial charge is 0.306 e. The first-order chi connectivity index (χ1) is 9.95. The number of hydrogen-bond acceptors (Lipinski definition) is 2. The molecule has 0 saturated heterocycles. The summed E-state index contributed by atoms with van der Waals surface area (Å²) in [4.78, 5) is 0.812. The third-order valence-electron chi connectivity index (χ3n) is 2.92. The molecule has 1 N–H and O–H groups in total. The van der Waals surface area contributed by atoms with Crippen LogP contribution in [0.1, 0.15) is 29.8 Å². The summed E-state index contributed by atoms with van der Waals surface area (Å²) >= 11 is 8.17. The lowest BCUT2D eigenvalue weighted by atomic mass is 10.0. The highest BCUT2D eigenvalue weighted by Gasteiger charge is 2.24. The van der Waals surface area contributed by atoms with Crippen LogP contribution in [0.25, 0.3) is 0 Å². The second-order valence-electron chi connectivity index (χ2n) is 4.42. The fourth-order valence-corrected chi connectivity index (χ4v) is 4.11. The molecule has 1 aromatic heterocycles. The van der Waals surface area contributed by atoms with E-state index in [9.17, 15) is 13.2 Å². The molecule has 1 unspecified atom stereocenters. The van der Waals surface area contributed by atoms with Gasteiger partial charge in [0.1, 0.15) is 0 Å². The Morgan fingerprint density at radius 1 is 1.19 bits per heavy atom. The zero-order valence-corrected chi connectivity index (χ0v) is 15.0. The summed E-state index contributed by atoms with van der Waals surface area (Å²) in [6, 6.07) is 3.55. The maximum Gasteiger partial charge on any atom is 0.194 e. The van der Waals surface area contributed by atoms with E-state index in [4.69, 9.17) is 0 Å². The van der Waals surface area contributed by atoms with E-state index in [0.717, 1.165) is 25.6 Å². The first kappa shape index (κ1) is 17.0. The molecule has 114 valence electrons. The standard InChI is InChI=1S/C14H12Br2F3NS/c1-2-5-20-13(10-6-8(15)14(16)21-10)7-3-4-9(17)12(19)11(7)18/h3-4,6,13,20H,2,5H2,1H3. The Kier molecular flexibility index (Phi) is 5.88. The molecule has 0 saturated carbocycles. The molecule has 0 amide bonds. The van der Waals surface area contributed by atoms with Crippen LogP contribution in [0.4, 0.5) is 13.2 Å². The van der Waals surface area contributed by atoms with Crippen LogP contribution in [0.15, 0.2) is 26.5 Å². The highest BCUT2D eigenvalue weighted by atomic mass is 79.9. The van der Waals surface area contributed by atoms with Gasteiger partial charge >= 0.3 is 0 Å². The van der Waals surface area contributed by atoms with Crippen molar-refractivity contribution in [1.82, 2.24) is 5.32 Å². The average molecular weight is 443 g/mol. The van der Waals surface area contributed by atoms with E-state index in [1.54, 1.807) is 0 Å². The molecule has 2 aromatic rings. The van der Waals surface area contributed by atoms with E-state index in [0.29, 0.717) is 6.54 Å². The van der Waals surface area contributed by atoms with E-state index >= 15 is 0 Å². The number of hydrogen-bond donors (Lipinski definition) is 1. The predicted octanol–water partition coefficient (Wildman–Crippen LogP) is 5.78. The Morgan fingerprint density at radius 2 is 1.90 bits per heavy atom. The summed E-state index contributed by atoms with van der Waals surface area (Å²) in [5.74, 6) is -3.77. The van der Waals surface area contributed by atoms with Gasteiger partial charge in [-0.25, -0.2) is 13.2 Å². The van der Waals surface area contributed by atoms with E-state index in [-0.39, 0.29) is 5.56 Å². The minimum absolute atomic E-state index is 0.101. The number of thiophene rings is 1. The van der Waals surface area contributed by atoms with E-state index in [1.165, 1.54) is 17.4 Å². The molecule has 0 aliphatic heterocycles. The third-order valence-corrected chi connectivity index (χ3v) is 6.24. The van der Waals surface area contributed by atoms with Gasteiger partial charge in [-0.1, -0.05) is 13.0 Å². The second kappa shape index (κ2) is 7.26. The normalized spacial score (nSPS) is 12.7. The topological polar surface area (TPSA) is 12.0 Å². The molecular weight excluding hydrogens is 431 g/mol. The van der Waals surface area contributed by atoms with Gasteiger partial charge in [0, 0.05) is 14.9 Å². The van der Waals surface area contributed by atoms with Crippen LogP contribution < -0.4 is 5.32 Å². The minimum atomic E-state index is -1.44. The average Bonchev–Trinajstić information content (AvgIpc) is 2.78. The summed E-state index contributed by atoms with van der Waals surface area (Å²) in [6.45, 7) is 2.61. The summed E-state index contributed by atoms with van der Waals surface area (Å²) in [6.07, 6.45) is 0.843. The molecule has 21 heavy (non-hydrogen) atoms. The number of rotatable bonds is 5. The van der Waals surface area contributed by atoms with Crippen LogP contribution in [-0.2, 0) is 0 Å². The van der Waals surface area contributed by atoms with E-state index in [1.807, 2.05) is 13.0 Å². The fourth-order valence-electron chi connectivity index (χ4n) is 1.92. The van der Waals surface area contributed by atoms with Crippen LogP contribution in [-0.4, -0.2) is 6.54 Å². The molecule has 0 radical (unpaired) electrons. The van der Waals surface area contributed by atoms with Gasteiger partial charge in [-0.15, -0.1) is 11.3 Å². The molecule has 2 rings (SSSR count). The molecule has 1 aromatic carbocycles. The van der Waals surface area contributed by atoms with Gasteiger partial charge in [-0.3, -0.25) is 0 Å². The zero-order valence-electron chi connectivity index (χ0n) is 11.0. The summed E-state index contributed by atoms with van der Waals surface area (Å²) < 4.78 is 42.3. The predicted molar refractivity (Wildman–Crippen MR) is 86.2 cm³/mol. The Hall–Kier alpha value is -0.370. The smallest absolute Gasteiger partial charge is 0.194 e. The highest BCUT2D eigenvalue weighted by Crippen LogP contribution is 2.38. The van der Waals surface area contributed by atoms with Gasteiger partial charge in [-0.05, 0) is 57.0 Å². The number of nitrogens with one attached hydrogen (secondary N) is 1. The number of benzene rings is 1. The highest BCUT2D eigenvalue weighted by molar-refractivity contribution is 9.13. The van der Waals surface area contributed by atoms with Crippen molar-refractivity contribution in [2.24, 2.45) is 0 Å². The minimum Gasteiger partial charge on any atom is -0.306 e. The van der Waals surface area contributed by atoms with Gasteiger partial charge in [0.05, 0.1) is 9.83 Å². The first-order valence-corrected chi connectivity index (χ1v) is 8.67. The molecule has 0 aliphatic rings. The SMILES string of the molecule is CCCNC(c1cc(Br)c(Br)s1)c1ccc(F)c(F)c1F. The van der Waals surface area contributed by atoms with Crippen molar-refractivity contribution in [3.63, 3.8) is 0 Å². The van der Waals surface area contributed by atoms with Crippen molar-refractivity contribution in [3.8, 4) is 0 Å². The summed E-state index contributed by atoms with van der Waals surface area (Å²) in [5.41, 5.74) is 0.101. The van der Waals surface area contributed by atoms with Crippen LogP contribution in [0.5, 0.6) is 0 Å². The Labute approximate surface area is 141 Å². The quantitative estimate of drug-likeness (QED) is 0.578. The van der Waals surface area contributed by atoms with Crippen LogP contribution in [0, 0.1) is 17.5 Å². The van der Waals surface area contributed by atoms with Crippen molar-refractivity contribution >= 4 is 43.2 Å². The third kappa shape index (κ3) is 3.70. The molecular formula is C14H12Br2F3NS. The molecule has 1 nitrogen and oxygen atoms in total. The van der Waals surface area contributed by atoms with Gasteiger partial charge in [-0.2, -0.15) is 0 Å². The lowest BCUT2D eigenvalue weighted by Crippen LogP contribution is -2.24. The molecule has 1 atom stereocenters. The molecule has 0 fully saturated rings. The van der Waals surface area contributed by atoms with Crippen molar-refractivity contribution in [3.05, 3.63) is 54.4 Å². The molecule has 0 aliphatic carbocycles. The molecule has 7 heteroatoms. The maximum atomic E-state index is 14.1. The lowest BCUT2D eigenvalue weighted by molar-refractivity contribution is 0.433. The second-order valence-corrected chi connectivity index (χ2v) is 7.68. The summed E-state index contributed by atoms with van der Waals surface area (Å²) in [5, 5.41) is 3.17. The maximum absolute atomic E-state index is 14.1. The molecule has 1 heterocycles.